The zero-order chi connectivity index (χ0) is 10.8. The molecule has 0 atom stereocenters. The normalized spacial score (nSPS) is 10.2. The lowest BCUT2D eigenvalue weighted by Gasteiger charge is -2.01. The van der Waals surface area contributed by atoms with E-state index in [0.717, 1.165) is 0 Å². The molecule has 0 radical (unpaired) electrons. The van der Waals surface area contributed by atoms with Crippen LogP contribution in [0.4, 0.5) is 0 Å². The van der Waals surface area contributed by atoms with Crippen LogP contribution in [0, 0.1) is 0 Å². The van der Waals surface area contributed by atoms with Gasteiger partial charge in [-0.15, -0.1) is 0 Å². The molecule has 0 aliphatic heterocycles. The SMILES string of the molecule is CC(=O)c1ccccc1-c1n[nH]c(=O)[nH]1. The molecule has 76 valence electrons. The van der Waals surface area contributed by atoms with Crippen molar-refractivity contribution in [3.8, 4) is 11.4 Å². The summed E-state index contributed by atoms with van der Waals surface area (Å²) in [6, 6.07) is 6.99. The molecule has 1 heterocycles. The van der Waals surface area contributed by atoms with Gasteiger partial charge in [0.25, 0.3) is 0 Å². The van der Waals surface area contributed by atoms with E-state index in [0.29, 0.717) is 17.0 Å². The molecule has 2 rings (SSSR count). The maximum absolute atomic E-state index is 11.3. The van der Waals surface area contributed by atoms with Gasteiger partial charge < -0.3 is 0 Å². The molecule has 0 unspecified atom stereocenters. The molecule has 0 aliphatic carbocycles. The number of ketones is 1. The Balaban J connectivity index is 2.62. The van der Waals surface area contributed by atoms with Crippen LogP contribution in [0.15, 0.2) is 29.1 Å². The highest BCUT2D eigenvalue weighted by atomic mass is 16.1. The average molecular weight is 203 g/mol. The molecule has 15 heavy (non-hydrogen) atoms. The maximum Gasteiger partial charge on any atom is 0.340 e. The summed E-state index contributed by atoms with van der Waals surface area (Å²) < 4.78 is 0. The van der Waals surface area contributed by atoms with E-state index in [1.807, 2.05) is 0 Å². The van der Waals surface area contributed by atoms with Gasteiger partial charge in [-0.25, -0.2) is 9.89 Å². The number of aromatic amines is 2. The van der Waals surface area contributed by atoms with Gasteiger partial charge >= 0.3 is 5.69 Å². The molecule has 0 bridgehead atoms. The van der Waals surface area contributed by atoms with Crippen molar-refractivity contribution in [3.05, 3.63) is 40.3 Å². The predicted octanol–water partition coefficient (Wildman–Crippen LogP) is 0.968. The standard InChI is InChI=1S/C10H9N3O2/c1-6(14)7-4-2-3-5-8(7)9-11-10(15)13-12-9/h2-5H,1H3,(H2,11,12,13,15). The highest BCUT2D eigenvalue weighted by molar-refractivity contribution is 5.99. The number of benzene rings is 1. The Morgan fingerprint density at radius 1 is 1.33 bits per heavy atom. The molecule has 0 saturated carbocycles. The number of Topliss-reactive ketones (excluding diaryl/α,β-unsaturated/α-hetero) is 1. The first-order valence-electron chi connectivity index (χ1n) is 4.43. The second kappa shape index (κ2) is 3.53. The summed E-state index contributed by atoms with van der Waals surface area (Å²) in [6.07, 6.45) is 0. The van der Waals surface area contributed by atoms with Crippen LogP contribution in [0.5, 0.6) is 0 Å². The van der Waals surface area contributed by atoms with Crippen LogP contribution in [-0.2, 0) is 0 Å². The van der Waals surface area contributed by atoms with Gasteiger partial charge in [-0.2, -0.15) is 5.10 Å². The van der Waals surface area contributed by atoms with E-state index in [4.69, 9.17) is 0 Å². The molecule has 0 spiro atoms. The van der Waals surface area contributed by atoms with Gasteiger partial charge in [0.05, 0.1) is 0 Å². The second-order valence-electron chi connectivity index (χ2n) is 3.13. The van der Waals surface area contributed by atoms with Gasteiger partial charge in [0.2, 0.25) is 0 Å². The average Bonchev–Trinajstić information content (AvgIpc) is 2.65. The van der Waals surface area contributed by atoms with Crippen LogP contribution < -0.4 is 5.69 Å². The fourth-order valence-electron chi connectivity index (χ4n) is 1.39. The van der Waals surface area contributed by atoms with Crippen molar-refractivity contribution >= 4 is 5.78 Å². The Morgan fingerprint density at radius 2 is 2.07 bits per heavy atom. The van der Waals surface area contributed by atoms with E-state index >= 15 is 0 Å². The van der Waals surface area contributed by atoms with E-state index in [2.05, 4.69) is 15.2 Å². The van der Waals surface area contributed by atoms with Crippen molar-refractivity contribution in [2.75, 3.05) is 0 Å². The number of H-pyrrole nitrogens is 2. The number of nitrogens with zero attached hydrogens (tertiary/aromatic N) is 1. The van der Waals surface area contributed by atoms with E-state index in [9.17, 15) is 9.59 Å². The van der Waals surface area contributed by atoms with E-state index < -0.39 is 0 Å². The van der Waals surface area contributed by atoms with Crippen LogP contribution in [0.1, 0.15) is 17.3 Å². The molecule has 1 aromatic heterocycles. The summed E-state index contributed by atoms with van der Waals surface area (Å²) in [4.78, 5) is 24.7. The van der Waals surface area contributed by atoms with Crippen molar-refractivity contribution in [2.45, 2.75) is 6.92 Å². The van der Waals surface area contributed by atoms with Gasteiger partial charge in [-0.1, -0.05) is 24.3 Å². The Bertz CT molecular complexity index is 554. The van der Waals surface area contributed by atoms with Gasteiger partial charge in [0, 0.05) is 11.1 Å². The maximum atomic E-state index is 11.3. The summed E-state index contributed by atoms with van der Waals surface area (Å²) in [5, 5.41) is 6.04. The number of nitrogens with one attached hydrogen (secondary N) is 2. The van der Waals surface area contributed by atoms with Crippen LogP contribution >= 0.6 is 0 Å². The fraction of sp³-hybridized carbons (Fsp3) is 0.100. The quantitative estimate of drug-likeness (QED) is 0.714. The largest absolute Gasteiger partial charge is 0.340 e. The van der Waals surface area contributed by atoms with Crippen LogP contribution in [0.25, 0.3) is 11.4 Å². The van der Waals surface area contributed by atoms with E-state index in [-0.39, 0.29) is 11.5 Å². The number of rotatable bonds is 2. The molecule has 0 amide bonds. The lowest BCUT2D eigenvalue weighted by Crippen LogP contribution is -2.01. The molecule has 0 aliphatic rings. The zero-order valence-electron chi connectivity index (χ0n) is 8.07. The first-order chi connectivity index (χ1) is 7.18. The Morgan fingerprint density at radius 3 is 2.67 bits per heavy atom. The minimum Gasteiger partial charge on any atom is -0.294 e. The summed E-state index contributed by atoms with van der Waals surface area (Å²) in [6.45, 7) is 1.48. The minimum atomic E-state index is -0.386. The third kappa shape index (κ3) is 1.71. The highest BCUT2D eigenvalue weighted by Crippen LogP contribution is 2.18. The Kier molecular flexibility index (Phi) is 2.21. The first kappa shape index (κ1) is 9.39. The summed E-state index contributed by atoms with van der Waals surface area (Å²) >= 11 is 0. The summed E-state index contributed by atoms with van der Waals surface area (Å²) in [7, 11) is 0. The predicted molar refractivity (Wildman–Crippen MR) is 54.6 cm³/mol. The van der Waals surface area contributed by atoms with Crippen LogP contribution in [0.2, 0.25) is 0 Å². The van der Waals surface area contributed by atoms with E-state index in [1.54, 1.807) is 24.3 Å². The van der Waals surface area contributed by atoms with Crippen molar-refractivity contribution in [1.29, 1.82) is 0 Å². The molecular formula is C10H9N3O2. The van der Waals surface area contributed by atoms with Crippen LogP contribution in [-0.4, -0.2) is 21.0 Å². The number of hydrogen-bond acceptors (Lipinski definition) is 3. The molecule has 5 heteroatoms. The van der Waals surface area contributed by atoms with E-state index in [1.165, 1.54) is 6.92 Å². The van der Waals surface area contributed by atoms with Gasteiger partial charge in [-0.3, -0.25) is 9.78 Å². The summed E-state index contributed by atoms with van der Waals surface area (Å²) in [5.74, 6) is 0.320. The number of aromatic nitrogens is 3. The third-order valence-electron chi connectivity index (χ3n) is 2.06. The first-order valence-corrected chi connectivity index (χ1v) is 4.43. The lowest BCUT2D eigenvalue weighted by atomic mass is 10.0. The lowest BCUT2D eigenvalue weighted by molar-refractivity contribution is 0.101. The highest BCUT2D eigenvalue weighted by Gasteiger charge is 2.10. The van der Waals surface area contributed by atoms with Gasteiger partial charge in [0.1, 0.15) is 0 Å². The molecule has 0 saturated heterocycles. The fourth-order valence-corrected chi connectivity index (χ4v) is 1.39. The third-order valence-corrected chi connectivity index (χ3v) is 2.06. The Labute approximate surface area is 85.2 Å². The Hall–Kier alpha value is -2.17. The van der Waals surface area contributed by atoms with Crippen molar-refractivity contribution in [2.24, 2.45) is 0 Å². The van der Waals surface area contributed by atoms with Crippen molar-refractivity contribution in [1.82, 2.24) is 15.2 Å². The minimum absolute atomic E-state index is 0.0607. The number of hydrogen-bond donors (Lipinski definition) is 2. The molecule has 1 aromatic carbocycles. The molecule has 2 N–H and O–H groups in total. The second-order valence-corrected chi connectivity index (χ2v) is 3.13. The molecule has 5 nitrogen and oxygen atoms in total. The molecular weight excluding hydrogens is 194 g/mol. The number of carbonyl (C=O) groups excluding carboxylic acids is 1. The zero-order valence-corrected chi connectivity index (χ0v) is 8.07. The molecule has 0 fully saturated rings. The molecule has 2 aromatic rings. The van der Waals surface area contributed by atoms with Gasteiger partial charge in [0.15, 0.2) is 11.6 Å². The van der Waals surface area contributed by atoms with Gasteiger partial charge in [-0.05, 0) is 6.92 Å². The van der Waals surface area contributed by atoms with Crippen LogP contribution in [0.3, 0.4) is 0 Å². The van der Waals surface area contributed by atoms with Crippen molar-refractivity contribution in [3.63, 3.8) is 0 Å². The summed E-state index contributed by atoms with van der Waals surface area (Å²) in [5.41, 5.74) is 0.784. The monoisotopic (exact) mass is 203 g/mol. The van der Waals surface area contributed by atoms with Crippen molar-refractivity contribution < 1.29 is 4.79 Å². The smallest absolute Gasteiger partial charge is 0.294 e. The topological polar surface area (TPSA) is 78.6 Å². The number of carbonyl (C=O) groups is 1.